The second-order valence-electron chi connectivity index (χ2n) is 3.47. The molecule has 0 aliphatic rings. The van der Waals surface area contributed by atoms with Gasteiger partial charge in [-0.05, 0) is 28.0 Å². The summed E-state index contributed by atoms with van der Waals surface area (Å²) in [7, 11) is 0. The first kappa shape index (κ1) is 12.3. The van der Waals surface area contributed by atoms with Gasteiger partial charge in [-0.3, -0.25) is 0 Å². The van der Waals surface area contributed by atoms with E-state index in [2.05, 4.69) is 20.1 Å². The third-order valence-electron chi connectivity index (χ3n) is 2.26. The minimum absolute atomic E-state index is 0.0102. The molecule has 2 rings (SSSR count). The lowest BCUT2D eigenvalue weighted by atomic mass is 10.1. The first-order valence-corrected chi connectivity index (χ1v) is 5.23. The third-order valence-corrected chi connectivity index (χ3v) is 2.55. The maximum Gasteiger partial charge on any atom is 0.197 e. The molecule has 1 aromatic heterocycles. The Kier molecular flexibility index (Phi) is 3.42. The summed E-state index contributed by atoms with van der Waals surface area (Å²) in [5, 5.41) is 18.9. The van der Waals surface area contributed by atoms with Gasteiger partial charge >= 0.3 is 0 Å². The fourth-order valence-corrected chi connectivity index (χ4v) is 1.61. The SMILES string of the molecule is Nc1nonc1/C(Cc1ccc(F)c(Cl)c1)=N\O. The van der Waals surface area contributed by atoms with Crippen molar-refractivity contribution in [1.82, 2.24) is 10.3 Å². The molecular formula is C10H8ClFN4O2. The summed E-state index contributed by atoms with van der Waals surface area (Å²) in [6.45, 7) is 0. The highest BCUT2D eigenvalue weighted by atomic mass is 35.5. The molecule has 2 aromatic rings. The molecule has 8 heteroatoms. The highest BCUT2D eigenvalue weighted by Gasteiger charge is 2.15. The molecule has 0 amide bonds. The Morgan fingerprint density at radius 2 is 2.28 bits per heavy atom. The van der Waals surface area contributed by atoms with Gasteiger partial charge in [0.15, 0.2) is 11.5 Å². The molecule has 0 atom stereocenters. The maximum atomic E-state index is 13.0. The van der Waals surface area contributed by atoms with Gasteiger partial charge in [0.05, 0.1) is 5.02 Å². The molecule has 0 saturated carbocycles. The van der Waals surface area contributed by atoms with E-state index in [1.54, 1.807) is 0 Å². The highest BCUT2D eigenvalue weighted by Crippen LogP contribution is 2.18. The number of benzene rings is 1. The molecule has 18 heavy (non-hydrogen) atoms. The van der Waals surface area contributed by atoms with Gasteiger partial charge in [0, 0.05) is 6.42 Å². The van der Waals surface area contributed by atoms with Crippen LogP contribution in [0.3, 0.4) is 0 Å². The standard InChI is InChI=1S/C10H8ClFN4O2/c11-6-3-5(1-2-7(6)12)4-8(14-17)9-10(13)16-18-15-9/h1-3,17H,4H2,(H2,13,16)/b14-8-. The van der Waals surface area contributed by atoms with Crippen molar-refractivity contribution < 1.29 is 14.2 Å². The first-order valence-electron chi connectivity index (χ1n) is 4.85. The van der Waals surface area contributed by atoms with E-state index in [1.165, 1.54) is 18.2 Å². The van der Waals surface area contributed by atoms with Crippen LogP contribution in [0.1, 0.15) is 11.3 Å². The molecule has 0 aliphatic carbocycles. The summed E-state index contributed by atoms with van der Waals surface area (Å²) in [4.78, 5) is 0. The lowest BCUT2D eigenvalue weighted by molar-refractivity contribution is 0.304. The zero-order valence-electron chi connectivity index (χ0n) is 8.97. The quantitative estimate of drug-likeness (QED) is 0.504. The second-order valence-corrected chi connectivity index (χ2v) is 3.88. The zero-order chi connectivity index (χ0) is 13.1. The van der Waals surface area contributed by atoms with Crippen molar-refractivity contribution >= 4 is 23.1 Å². The van der Waals surface area contributed by atoms with E-state index in [1.807, 2.05) is 0 Å². The Hall–Kier alpha value is -2.15. The number of hydrogen-bond acceptors (Lipinski definition) is 6. The predicted octanol–water partition coefficient (Wildman–Crippen LogP) is 1.87. The summed E-state index contributed by atoms with van der Waals surface area (Å²) in [5.74, 6) is -0.512. The second kappa shape index (κ2) is 5.01. The molecular weight excluding hydrogens is 263 g/mol. The molecule has 0 unspecified atom stereocenters. The van der Waals surface area contributed by atoms with E-state index in [4.69, 9.17) is 22.5 Å². The van der Waals surface area contributed by atoms with E-state index in [0.717, 1.165) is 0 Å². The van der Waals surface area contributed by atoms with Crippen molar-refractivity contribution in [1.29, 1.82) is 0 Å². The Labute approximate surface area is 106 Å². The van der Waals surface area contributed by atoms with Crippen molar-refractivity contribution in [2.24, 2.45) is 5.16 Å². The minimum atomic E-state index is -0.523. The third kappa shape index (κ3) is 2.40. The number of nitrogens with zero attached hydrogens (tertiary/aromatic N) is 3. The van der Waals surface area contributed by atoms with Gasteiger partial charge in [0.2, 0.25) is 0 Å². The number of anilines is 1. The van der Waals surface area contributed by atoms with Gasteiger partial charge in [-0.15, -0.1) is 0 Å². The van der Waals surface area contributed by atoms with E-state index >= 15 is 0 Å². The first-order chi connectivity index (χ1) is 8.61. The summed E-state index contributed by atoms with van der Waals surface area (Å²) in [6.07, 6.45) is 0.162. The van der Waals surface area contributed by atoms with Crippen molar-refractivity contribution in [3.63, 3.8) is 0 Å². The van der Waals surface area contributed by atoms with Gasteiger partial charge < -0.3 is 10.9 Å². The number of oxime groups is 1. The number of aromatic nitrogens is 2. The molecule has 3 N–H and O–H groups in total. The lowest BCUT2D eigenvalue weighted by Crippen LogP contribution is -2.09. The molecule has 0 saturated heterocycles. The number of hydrogen-bond donors (Lipinski definition) is 2. The van der Waals surface area contributed by atoms with Crippen molar-refractivity contribution in [2.45, 2.75) is 6.42 Å². The lowest BCUT2D eigenvalue weighted by Gasteiger charge is -2.03. The van der Waals surface area contributed by atoms with E-state index in [9.17, 15) is 4.39 Å². The molecule has 0 radical (unpaired) electrons. The van der Waals surface area contributed by atoms with Gasteiger partial charge in [0.1, 0.15) is 11.5 Å². The van der Waals surface area contributed by atoms with E-state index < -0.39 is 5.82 Å². The van der Waals surface area contributed by atoms with Crippen molar-refractivity contribution in [3.8, 4) is 0 Å². The fraction of sp³-hybridized carbons (Fsp3) is 0.100. The molecule has 0 bridgehead atoms. The monoisotopic (exact) mass is 270 g/mol. The van der Waals surface area contributed by atoms with E-state index in [0.29, 0.717) is 5.56 Å². The molecule has 0 aliphatic heterocycles. The summed E-state index contributed by atoms with van der Waals surface area (Å²) in [5.41, 5.74) is 6.40. The number of nitrogen functional groups attached to an aromatic ring is 1. The van der Waals surface area contributed by atoms with Crippen molar-refractivity contribution in [2.75, 3.05) is 5.73 Å². The average Bonchev–Trinajstić information content (AvgIpc) is 2.77. The van der Waals surface area contributed by atoms with Crippen LogP contribution in [0.15, 0.2) is 28.0 Å². The highest BCUT2D eigenvalue weighted by molar-refractivity contribution is 6.30. The van der Waals surface area contributed by atoms with Crippen LogP contribution in [-0.4, -0.2) is 21.2 Å². The largest absolute Gasteiger partial charge is 0.411 e. The van der Waals surface area contributed by atoms with Gasteiger partial charge in [-0.2, -0.15) is 0 Å². The number of rotatable bonds is 3. The zero-order valence-corrected chi connectivity index (χ0v) is 9.73. The van der Waals surface area contributed by atoms with Crippen LogP contribution in [-0.2, 0) is 6.42 Å². The van der Waals surface area contributed by atoms with Crippen LogP contribution >= 0.6 is 11.6 Å². The number of halogens is 2. The Bertz CT molecular complexity index is 599. The predicted molar refractivity (Wildman–Crippen MR) is 62.1 cm³/mol. The molecule has 94 valence electrons. The van der Waals surface area contributed by atoms with Crippen LogP contribution < -0.4 is 5.73 Å². The topological polar surface area (TPSA) is 97.5 Å². The smallest absolute Gasteiger partial charge is 0.197 e. The average molecular weight is 271 g/mol. The van der Waals surface area contributed by atoms with Crippen LogP contribution in [0.4, 0.5) is 10.2 Å². The number of nitrogens with two attached hydrogens (primary N) is 1. The fourth-order valence-electron chi connectivity index (χ4n) is 1.41. The van der Waals surface area contributed by atoms with Crippen LogP contribution in [0, 0.1) is 5.82 Å². The Balaban J connectivity index is 2.27. The Morgan fingerprint density at radius 3 is 2.83 bits per heavy atom. The molecule has 0 spiro atoms. The van der Waals surface area contributed by atoms with Gasteiger partial charge in [-0.1, -0.05) is 22.8 Å². The molecule has 0 fully saturated rings. The van der Waals surface area contributed by atoms with Crippen molar-refractivity contribution in [3.05, 3.63) is 40.3 Å². The van der Waals surface area contributed by atoms with Crippen LogP contribution in [0.2, 0.25) is 5.02 Å². The maximum absolute atomic E-state index is 13.0. The molecule has 6 nitrogen and oxygen atoms in total. The minimum Gasteiger partial charge on any atom is -0.411 e. The Morgan fingerprint density at radius 1 is 1.50 bits per heavy atom. The van der Waals surface area contributed by atoms with E-state index in [-0.39, 0.29) is 28.7 Å². The summed E-state index contributed by atoms with van der Waals surface area (Å²) < 4.78 is 17.4. The van der Waals surface area contributed by atoms with Crippen LogP contribution in [0.5, 0.6) is 0 Å². The van der Waals surface area contributed by atoms with Gasteiger partial charge in [-0.25, -0.2) is 9.02 Å². The molecule has 1 aromatic carbocycles. The van der Waals surface area contributed by atoms with Gasteiger partial charge in [0.25, 0.3) is 0 Å². The molecule has 1 heterocycles. The normalized spacial score (nSPS) is 11.8. The summed E-state index contributed by atoms with van der Waals surface area (Å²) >= 11 is 5.65. The van der Waals surface area contributed by atoms with Crippen LogP contribution in [0.25, 0.3) is 0 Å². The summed E-state index contributed by atoms with van der Waals surface area (Å²) in [6, 6.07) is 4.15.